The highest BCUT2D eigenvalue weighted by Gasteiger charge is 2.03. The molecule has 0 atom stereocenters. The fourth-order valence-corrected chi connectivity index (χ4v) is 2.64. The zero-order valence-electron chi connectivity index (χ0n) is 9.36. The second-order valence-electron chi connectivity index (χ2n) is 3.46. The van der Waals surface area contributed by atoms with Crippen molar-refractivity contribution in [1.82, 2.24) is 14.3 Å². The molecule has 0 spiro atoms. The van der Waals surface area contributed by atoms with Crippen LogP contribution < -0.4 is 5.32 Å². The van der Waals surface area contributed by atoms with E-state index in [0.29, 0.717) is 0 Å². The van der Waals surface area contributed by atoms with Crippen LogP contribution in [0.2, 0.25) is 0 Å². The number of nitrogens with one attached hydrogen (secondary N) is 1. The third kappa shape index (κ3) is 2.99. The van der Waals surface area contributed by atoms with Gasteiger partial charge in [-0.25, -0.2) is 9.97 Å². The highest BCUT2D eigenvalue weighted by atomic mass is 32.1. The van der Waals surface area contributed by atoms with Crippen LogP contribution in [-0.2, 0) is 13.0 Å². The summed E-state index contributed by atoms with van der Waals surface area (Å²) in [7, 11) is 0. The number of aromatic nitrogens is 3. The molecule has 2 aromatic rings. The minimum Gasteiger partial charge on any atom is -0.355 e. The number of aryl methyl sites for hydroxylation is 2. The molecule has 0 aliphatic rings. The van der Waals surface area contributed by atoms with Crippen molar-refractivity contribution in [3.8, 4) is 0 Å². The van der Waals surface area contributed by atoms with E-state index in [2.05, 4.69) is 26.6 Å². The molecule has 0 aliphatic heterocycles. The van der Waals surface area contributed by atoms with Gasteiger partial charge in [-0.2, -0.15) is 4.37 Å². The molecule has 6 heteroatoms. The highest BCUT2D eigenvalue weighted by Crippen LogP contribution is 2.16. The lowest BCUT2D eigenvalue weighted by atomic mass is 10.3. The van der Waals surface area contributed by atoms with Crippen LogP contribution in [0.4, 0.5) is 5.13 Å². The third-order valence-corrected chi connectivity index (χ3v) is 3.65. The Kier molecular flexibility index (Phi) is 3.84. The number of hydrogen-bond acceptors (Lipinski definition) is 6. The number of rotatable bonds is 5. The molecule has 2 aromatic heterocycles. The summed E-state index contributed by atoms with van der Waals surface area (Å²) in [6.07, 6.45) is 3.95. The van der Waals surface area contributed by atoms with Crippen LogP contribution >= 0.6 is 22.9 Å². The molecule has 0 amide bonds. The molecule has 2 heterocycles. The molecule has 4 nitrogen and oxygen atoms in total. The smallest absolute Gasteiger partial charge is 0.202 e. The second kappa shape index (κ2) is 5.36. The van der Waals surface area contributed by atoms with Gasteiger partial charge in [0.1, 0.15) is 5.82 Å². The van der Waals surface area contributed by atoms with Crippen LogP contribution in [0.5, 0.6) is 0 Å². The minimum absolute atomic E-state index is 0.784. The third-order valence-electron chi connectivity index (χ3n) is 2.02. The second-order valence-corrected chi connectivity index (χ2v) is 5.54. The van der Waals surface area contributed by atoms with Crippen LogP contribution in [0.25, 0.3) is 0 Å². The normalized spacial score (nSPS) is 10.6. The zero-order chi connectivity index (χ0) is 11.4. The molecule has 16 heavy (non-hydrogen) atoms. The molecule has 0 aliphatic carbocycles. The van der Waals surface area contributed by atoms with Crippen LogP contribution in [0, 0.1) is 6.92 Å². The van der Waals surface area contributed by atoms with Gasteiger partial charge in [-0.3, -0.25) is 0 Å². The van der Waals surface area contributed by atoms with Crippen molar-refractivity contribution in [1.29, 1.82) is 0 Å². The first-order valence-corrected chi connectivity index (χ1v) is 6.84. The van der Waals surface area contributed by atoms with Crippen LogP contribution in [-0.4, -0.2) is 14.3 Å². The molecule has 1 N–H and O–H groups in total. The summed E-state index contributed by atoms with van der Waals surface area (Å²) in [6.45, 7) is 4.93. The first kappa shape index (κ1) is 11.5. The Morgan fingerprint density at radius 2 is 2.31 bits per heavy atom. The monoisotopic (exact) mass is 254 g/mol. The Bertz CT molecular complexity index is 449. The first-order valence-electron chi connectivity index (χ1n) is 5.25. The number of thiazole rings is 1. The zero-order valence-corrected chi connectivity index (χ0v) is 11.0. The van der Waals surface area contributed by atoms with Crippen LogP contribution in [0.3, 0.4) is 0 Å². The van der Waals surface area contributed by atoms with Gasteiger partial charge in [0, 0.05) is 29.0 Å². The van der Waals surface area contributed by atoms with Crippen molar-refractivity contribution in [3.63, 3.8) is 0 Å². The molecule has 0 bridgehead atoms. The van der Waals surface area contributed by atoms with Crippen molar-refractivity contribution in [2.24, 2.45) is 0 Å². The molecule has 0 saturated carbocycles. The highest BCUT2D eigenvalue weighted by molar-refractivity contribution is 7.11. The molecule has 0 aromatic carbocycles. The van der Waals surface area contributed by atoms with E-state index < -0.39 is 0 Å². The Morgan fingerprint density at radius 3 is 3.00 bits per heavy atom. The summed E-state index contributed by atoms with van der Waals surface area (Å²) in [5.74, 6) is 0.940. The maximum atomic E-state index is 4.40. The van der Waals surface area contributed by atoms with E-state index in [1.807, 2.05) is 13.1 Å². The average Bonchev–Trinajstić information content (AvgIpc) is 2.85. The Labute approximate surface area is 103 Å². The van der Waals surface area contributed by atoms with Crippen molar-refractivity contribution in [2.45, 2.75) is 33.2 Å². The summed E-state index contributed by atoms with van der Waals surface area (Å²) in [6, 6.07) is 0. The van der Waals surface area contributed by atoms with Gasteiger partial charge in [0.25, 0.3) is 0 Å². The van der Waals surface area contributed by atoms with Gasteiger partial charge in [0.05, 0.1) is 11.6 Å². The maximum absolute atomic E-state index is 4.40. The predicted molar refractivity (Wildman–Crippen MR) is 68.1 cm³/mol. The summed E-state index contributed by atoms with van der Waals surface area (Å²) < 4.78 is 4.28. The van der Waals surface area contributed by atoms with E-state index in [9.17, 15) is 0 Å². The first-order chi connectivity index (χ1) is 7.78. The van der Waals surface area contributed by atoms with Crippen molar-refractivity contribution < 1.29 is 0 Å². The SMILES string of the molecule is CCCc1nsc(NCc2cnc(C)s2)n1. The van der Waals surface area contributed by atoms with Gasteiger partial charge in [0.15, 0.2) is 0 Å². The molecule has 0 radical (unpaired) electrons. The van der Waals surface area contributed by atoms with E-state index >= 15 is 0 Å². The molecular weight excluding hydrogens is 240 g/mol. The number of nitrogens with zero attached hydrogens (tertiary/aromatic N) is 3. The fourth-order valence-electron chi connectivity index (χ4n) is 1.30. The lowest BCUT2D eigenvalue weighted by molar-refractivity contribution is 0.861. The summed E-state index contributed by atoms with van der Waals surface area (Å²) in [4.78, 5) is 9.84. The lowest BCUT2D eigenvalue weighted by Crippen LogP contribution is -1.97. The summed E-state index contributed by atoms with van der Waals surface area (Å²) in [5, 5.41) is 5.26. The lowest BCUT2D eigenvalue weighted by Gasteiger charge is -1.97. The summed E-state index contributed by atoms with van der Waals surface area (Å²) >= 11 is 3.13. The standard InChI is InChI=1S/C10H14N4S2/c1-3-4-9-13-10(16-14-9)12-6-8-5-11-7(2)15-8/h5H,3-4,6H2,1-2H3,(H,12,13,14). The molecule has 86 valence electrons. The van der Waals surface area contributed by atoms with E-state index in [1.165, 1.54) is 16.4 Å². The van der Waals surface area contributed by atoms with E-state index in [0.717, 1.165) is 35.3 Å². The Balaban J connectivity index is 1.89. The van der Waals surface area contributed by atoms with Crippen molar-refractivity contribution >= 4 is 28.0 Å². The largest absolute Gasteiger partial charge is 0.355 e. The molecular formula is C10H14N4S2. The van der Waals surface area contributed by atoms with Crippen LogP contribution in [0.15, 0.2) is 6.20 Å². The van der Waals surface area contributed by atoms with E-state index in [4.69, 9.17) is 0 Å². The number of anilines is 1. The van der Waals surface area contributed by atoms with Gasteiger partial charge < -0.3 is 5.32 Å². The predicted octanol–water partition coefficient (Wildman–Crippen LogP) is 2.87. The Hall–Kier alpha value is -1.01. The topological polar surface area (TPSA) is 50.7 Å². The van der Waals surface area contributed by atoms with Crippen molar-refractivity contribution in [2.75, 3.05) is 5.32 Å². The van der Waals surface area contributed by atoms with Gasteiger partial charge in [0.2, 0.25) is 5.13 Å². The van der Waals surface area contributed by atoms with Gasteiger partial charge >= 0.3 is 0 Å². The molecule has 0 fully saturated rings. The minimum atomic E-state index is 0.784. The number of hydrogen-bond donors (Lipinski definition) is 1. The van der Waals surface area contributed by atoms with E-state index in [1.54, 1.807) is 11.3 Å². The van der Waals surface area contributed by atoms with Gasteiger partial charge in [-0.1, -0.05) is 6.92 Å². The van der Waals surface area contributed by atoms with E-state index in [-0.39, 0.29) is 0 Å². The Morgan fingerprint density at radius 1 is 1.44 bits per heavy atom. The quantitative estimate of drug-likeness (QED) is 0.891. The van der Waals surface area contributed by atoms with Gasteiger partial charge in [-0.05, 0) is 13.3 Å². The average molecular weight is 254 g/mol. The maximum Gasteiger partial charge on any atom is 0.202 e. The van der Waals surface area contributed by atoms with Crippen LogP contribution in [0.1, 0.15) is 29.1 Å². The fraction of sp³-hybridized carbons (Fsp3) is 0.500. The van der Waals surface area contributed by atoms with Gasteiger partial charge in [-0.15, -0.1) is 11.3 Å². The molecule has 0 saturated heterocycles. The van der Waals surface area contributed by atoms with Crippen molar-refractivity contribution in [3.05, 3.63) is 21.9 Å². The molecule has 2 rings (SSSR count). The molecule has 0 unspecified atom stereocenters. The summed E-state index contributed by atoms with van der Waals surface area (Å²) in [5.41, 5.74) is 0.